The molecule has 0 spiro atoms. The van der Waals surface area contributed by atoms with Gasteiger partial charge >= 0.3 is 0 Å². The zero-order valence-corrected chi connectivity index (χ0v) is 11.6. The van der Waals surface area contributed by atoms with Gasteiger partial charge in [0, 0.05) is 24.4 Å². The highest BCUT2D eigenvalue weighted by molar-refractivity contribution is 9.10. The summed E-state index contributed by atoms with van der Waals surface area (Å²) in [4.78, 5) is 4.30. The van der Waals surface area contributed by atoms with E-state index in [1.54, 1.807) is 6.07 Å². The lowest BCUT2D eigenvalue weighted by atomic mass is 10.0. The number of halogens is 2. The van der Waals surface area contributed by atoms with Crippen molar-refractivity contribution in [3.8, 4) is 0 Å². The first kappa shape index (κ1) is 13.2. The number of hydrogen-bond acceptors (Lipinski definition) is 2. The second-order valence-corrected chi connectivity index (χ2v) is 5.17. The van der Waals surface area contributed by atoms with Crippen molar-refractivity contribution in [2.75, 3.05) is 0 Å². The quantitative estimate of drug-likeness (QED) is 0.942. The van der Waals surface area contributed by atoms with Gasteiger partial charge in [0.25, 0.3) is 0 Å². The Labute approximate surface area is 114 Å². The minimum Gasteiger partial charge on any atom is -0.324 e. The topological polar surface area (TPSA) is 38.9 Å². The first-order chi connectivity index (χ1) is 8.56. The van der Waals surface area contributed by atoms with E-state index in [9.17, 15) is 4.39 Å². The van der Waals surface area contributed by atoms with Crippen LogP contribution in [-0.4, -0.2) is 4.98 Å². The van der Waals surface area contributed by atoms with Crippen LogP contribution in [0.15, 0.2) is 41.0 Å². The lowest BCUT2D eigenvalue weighted by Gasteiger charge is -2.12. The van der Waals surface area contributed by atoms with Crippen molar-refractivity contribution in [1.82, 2.24) is 4.98 Å². The molecule has 2 aromatic rings. The van der Waals surface area contributed by atoms with E-state index in [-0.39, 0.29) is 11.9 Å². The number of rotatable bonds is 3. The molecule has 1 unspecified atom stereocenters. The third-order valence-electron chi connectivity index (χ3n) is 2.77. The Morgan fingerprint density at radius 1 is 1.33 bits per heavy atom. The van der Waals surface area contributed by atoms with E-state index in [0.29, 0.717) is 10.9 Å². The number of nitrogens with two attached hydrogens (primary N) is 1. The van der Waals surface area contributed by atoms with Crippen molar-refractivity contribution in [1.29, 1.82) is 0 Å². The first-order valence-corrected chi connectivity index (χ1v) is 6.47. The Balaban J connectivity index is 2.13. The van der Waals surface area contributed by atoms with Crippen molar-refractivity contribution in [3.63, 3.8) is 0 Å². The van der Waals surface area contributed by atoms with Gasteiger partial charge in [-0.25, -0.2) is 4.39 Å². The molecule has 0 saturated heterocycles. The molecule has 94 valence electrons. The van der Waals surface area contributed by atoms with E-state index in [4.69, 9.17) is 5.73 Å². The van der Waals surface area contributed by atoms with E-state index < -0.39 is 0 Å². The standard InChI is InChI=1S/C14H14BrFN2/c1-9-2-4-11(18-8-9)7-14(17)10-3-5-12(15)13(16)6-10/h2-6,8,14H,7,17H2,1H3. The number of nitrogens with zero attached hydrogens (tertiary/aromatic N) is 1. The van der Waals surface area contributed by atoms with Gasteiger partial charge in [-0.3, -0.25) is 4.98 Å². The maximum Gasteiger partial charge on any atom is 0.137 e. The van der Waals surface area contributed by atoms with Crippen LogP contribution in [0.1, 0.15) is 22.9 Å². The molecule has 1 heterocycles. The van der Waals surface area contributed by atoms with Crippen LogP contribution in [0.3, 0.4) is 0 Å². The summed E-state index contributed by atoms with van der Waals surface area (Å²) in [7, 11) is 0. The predicted octanol–water partition coefficient (Wildman–Crippen LogP) is 3.53. The average Bonchev–Trinajstić information content (AvgIpc) is 2.35. The Kier molecular flexibility index (Phi) is 4.09. The Hall–Kier alpha value is -1.26. The summed E-state index contributed by atoms with van der Waals surface area (Å²) in [6, 6.07) is 8.66. The monoisotopic (exact) mass is 308 g/mol. The molecule has 0 bridgehead atoms. The van der Waals surface area contributed by atoms with E-state index in [2.05, 4.69) is 20.9 Å². The summed E-state index contributed by atoms with van der Waals surface area (Å²) in [6.07, 6.45) is 2.41. The van der Waals surface area contributed by atoms with Gasteiger partial charge in [0.2, 0.25) is 0 Å². The number of hydrogen-bond donors (Lipinski definition) is 1. The molecular formula is C14H14BrFN2. The Bertz CT molecular complexity index is 540. The second-order valence-electron chi connectivity index (χ2n) is 4.31. The molecule has 2 nitrogen and oxygen atoms in total. The smallest absolute Gasteiger partial charge is 0.137 e. The van der Waals surface area contributed by atoms with E-state index in [1.807, 2.05) is 31.3 Å². The van der Waals surface area contributed by atoms with E-state index >= 15 is 0 Å². The summed E-state index contributed by atoms with van der Waals surface area (Å²) in [5, 5.41) is 0. The van der Waals surface area contributed by atoms with Crippen molar-refractivity contribution >= 4 is 15.9 Å². The molecular weight excluding hydrogens is 295 g/mol. The van der Waals surface area contributed by atoms with Gasteiger partial charge in [-0.05, 0) is 52.2 Å². The molecule has 0 amide bonds. The molecule has 0 aliphatic carbocycles. The summed E-state index contributed by atoms with van der Waals surface area (Å²) >= 11 is 3.13. The fourth-order valence-electron chi connectivity index (χ4n) is 1.71. The highest BCUT2D eigenvalue weighted by Gasteiger charge is 2.10. The largest absolute Gasteiger partial charge is 0.324 e. The maximum atomic E-state index is 13.4. The summed E-state index contributed by atoms with van der Waals surface area (Å²) < 4.78 is 13.9. The van der Waals surface area contributed by atoms with Crippen LogP contribution < -0.4 is 5.73 Å². The fourth-order valence-corrected chi connectivity index (χ4v) is 1.95. The lowest BCUT2D eigenvalue weighted by Crippen LogP contribution is -2.14. The van der Waals surface area contributed by atoms with Gasteiger partial charge in [-0.15, -0.1) is 0 Å². The molecule has 1 aromatic carbocycles. The predicted molar refractivity (Wildman–Crippen MR) is 73.7 cm³/mol. The molecule has 4 heteroatoms. The molecule has 0 aliphatic heterocycles. The maximum absolute atomic E-state index is 13.4. The van der Waals surface area contributed by atoms with Crippen molar-refractivity contribution < 1.29 is 4.39 Å². The van der Waals surface area contributed by atoms with Crippen LogP contribution in [0, 0.1) is 12.7 Å². The zero-order chi connectivity index (χ0) is 13.1. The molecule has 0 saturated carbocycles. The van der Waals surface area contributed by atoms with E-state index in [0.717, 1.165) is 16.8 Å². The average molecular weight is 309 g/mol. The number of aromatic nitrogens is 1. The molecule has 0 aliphatic rings. The Morgan fingerprint density at radius 2 is 2.11 bits per heavy atom. The third kappa shape index (κ3) is 3.15. The van der Waals surface area contributed by atoms with Crippen LogP contribution in [0.5, 0.6) is 0 Å². The summed E-state index contributed by atoms with van der Waals surface area (Å²) in [5.74, 6) is -0.292. The minimum atomic E-state index is -0.292. The third-order valence-corrected chi connectivity index (χ3v) is 3.42. The zero-order valence-electron chi connectivity index (χ0n) is 10.0. The SMILES string of the molecule is Cc1ccc(CC(N)c2ccc(Br)c(F)c2)nc1. The molecule has 0 radical (unpaired) electrons. The highest BCUT2D eigenvalue weighted by atomic mass is 79.9. The number of aryl methyl sites for hydroxylation is 1. The van der Waals surface area contributed by atoms with Crippen molar-refractivity contribution in [3.05, 3.63) is 63.6 Å². The second kappa shape index (κ2) is 5.59. The van der Waals surface area contributed by atoms with Gasteiger partial charge in [-0.1, -0.05) is 12.1 Å². The molecule has 18 heavy (non-hydrogen) atoms. The molecule has 2 N–H and O–H groups in total. The normalized spacial score (nSPS) is 12.4. The highest BCUT2D eigenvalue weighted by Crippen LogP contribution is 2.21. The van der Waals surface area contributed by atoms with Crippen LogP contribution in [-0.2, 0) is 6.42 Å². The van der Waals surface area contributed by atoms with Crippen LogP contribution in [0.25, 0.3) is 0 Å². The number of pyridine rings is 1. The van der Waals surface area contributed by atoms with Gasteiger partial charge in [0.15, 0.2) is 0 Å². The van der Waals surface area contributed by atoms with Gasteiger partial charge < -0.3 is 5.73 Å². The molecule has 0 fully saturated rings. The summed E-state index contributed by atoms with van der Waals surface area (Å²) in [5.41, 5.74) is 8.86. The van der Waals surface area contributed by atoms with Gasteiger partial charge in [-0.2, -0.15) is 0 Å². The summed E-state index contributed by atoms with van der Waals surface area (Å²) in [6.45, 7) is 1.99. The van der Waals surface area contributed by atoms with E-state index in [1.165, 1.54) is 6.07 Å². The first-order valence-electron chi connectivity index (χ1n) is 5.68. The molecule has 1 aromatic heterocycles. The number of benzene rings is 1. The Morgan fingerprint density at radius 3 is 2.72 bits per heavy atom. The van der Waals surface area contributed by atoms with Gasteiger partial charge in [0.05, 0.1) is 4.47 Å². The molecule has 1 atom stereocenters. The van der Waals surface area contributed by atoms with Crippen molar-refractivity contribution in [2.24, 2.45) is 5.73 Å². The fraction of sp³-hybridized carbons (Fsp3) is 0.214. The molecule has 2 rings (SSSR count). The van der Waals surface area contributed by atoms with Crippen LogP contribution in [0.2, 0.25) is 0 Å². The minimum absolute atomic E-state index is 0.247. The lowest BCUT2D eigenvalue weighted by molar-refractivity contribution is 0.611. The van der Waals surface area contributed by atoms with Crippen LogP contribution >= 0.6 is 15.9 Å². The van der Waals surface area contributed by atoms with Crippen molar-refractivity contribution in [2.45, 2.75) is 19.4 Å². The van der Waals surface area contributed by atoms with Crippen LogP contribution in [0.4, 0.5) is 4.39 Å². The van der Waals surface area contributed by atoms with Gasteiger partial charge in [0.1, 0.15) is 5.82 Å².